The van der Waals surface area contributed by atoms with Gasteiger partial charge in [0.15, 0.2) is 5.82 Å². The lowest BCUT2D eigenvalue weighted by atomic mass is 9.92. The van der Waals surface area contributed by atoms with Crippen molar-refractivity contribution in [1.82, 2.24) is 19.8 Å². The van der Waals surface area contributed by atoms with Crippen LogP contribution in [0.1, 0.15) is 57.1 Å². The number of rotatable bonds is 5. The van der Waals surface area contributed by atoms with Gasteiger partial charge in [0, 0.05) is 48.1 Å². The second-order valence-corrected chi connectivity index (χ2v) is 14.8. The number of nitrogens with one attached hydrogen (secondary N) is 1. The average molecular weight is 778 g/mol. The van der Waals surface area contributed by atoms with Crippen LogP contribution in [0.3, 0.4) is 0 Å². The number of nitrogens with zero attached hydrogens (tertiary/aromatic N) is 5. The summed E-state index contributed by atoms with van der Waals surface area (Å²) < 4.78 is 95.2. The van der Waals surface area contributed by atoms with E-state index in [4.69, 9.17) is 15.2 Å². The molecule has 0 saturated carbocycles. The lowest BCUT2D eigenvalue weighted by molar-refractivity contribution is -0.150. The van der Waals surface area contributed by atoms with Crippen molar-refractivity contribution in [3.8, 4) is 23.2 Å². The highest BCUT2D eigenvalue weighted by Crippen LogP contribution is 2.47. The number of likely N-dealkylation sites (tertiary alicyclic amines) is 1. The fourth-order valence-electron chi connectivity index (χ4n) is 7.50. The van der Waals surface area contributed by atoms with E-state index in [2.05, 4.69) is 27.1 Å². The molecule has 2 aromatic carbocycles. The quantitative estimate of drug-likeness (QED) is 0.198. The highest BCUT2D eigenvalue weighted by atomic mass is 32.1. The molecule has 10 nitrogen and oxygen atoms in total. The van der Waals surface area contributed by atoms with Crippen LogP contribution in [0.5, 0.6) is 6.01 Å². The number of amides is 1. The van der Waals surface area contributed by atoms with Gasteiger partial charge in [0.05, 0.1) is 42.1 Å². The summed E-state index contributed by atoms with van der Waals surface area (Å²) in [7, 11) is 1.23. The number of methoxy groups -OCH3 is 1. The molecule has 0 radical (unpaired) electrons. The van der Waals surface area contributed by atoms with Crippen molar-refractivity contribution >= 4 is 49.1 Å². The first-order valence-corrected chi connectivity index (χ1v) is 18.6. The first-order valence-electron chi connectivity index (χ1n) is 17.8. The molecule has 1 amide bonds. The van der Waals surface area contributed by atoms with Gasteiger partial charge in [0.25, 0.3) is 0 Å². The molecule has 54 heavy (non-hydrogen) atoms. The minimum atomic E-state index is -5.00. The summed E-state index contributed by atoms with van der Waals surface area (Å²) in [4.78, 5) is 23.9. The van der Waals surface area contributed by atoms with Crippen molar-refractivity contribution in [2.75, 3.05) is 57.6 Å². The Morgan fingerprint density at radius 2 is 1.93 bits per heavy atom. The Labute approximate surface area is 312 Å². The van der Waals surface area contributed by atoms with Crippen LogP contribution in [0.15, 0.2) is 18.2 Å². The first-order chi connectivity index (χ1) is 25.8. The van der Waals surface area contributed by atoms with Crippen molar-refractivity contribution in [1.29, 1.82) is 5.26 Å². The van der Waals surface area contributed by atoms with E-state index < -0.39 is 40.6 Å². The van der Waals surface area contributed by atoms with Gasteiger partial charge in [-0.25, -0.2) is 13.2 Å². The molecule has 0 aliphatic carbocycles. The number of aromatic nitrogens is 2. The van der Waals surface area contributed by atoms with Crippen molar-refractivity contribution in [2.45, 2.75) is 70.4 Å². The predicted octanol–water partition coefficient (Wildman–Crippen LogP) is 7.54. The highest BCUT2D eigenvalue weighted by molar-refractivity contribution is 7.23. The van der Waals surface area contributed by atoms with Crippen LogP contribution in [0.4, 0.5) is 37.2 Å². The summed E-state index contributed by atoms with van der Waals surface area (Å²) in [5, 5.41) is 11.8. The van der Waals surface area contributed by atoms with Crippen molar-refractivity contribution < 1.29 is 40.6 Å². The Balaban J connectivity index is 0.000000189. The molecule has 8 rings (SSSR count). The zero-order valence-corrected chi connectivity index (χ0v) is 30.9. The molecule has 4 aliphatic rings. The van der Waals surface area contributed by atoms with Crippen LogP contribution in [-0.4, -0.2) is 90.4 Å². The Bertz CT molecular complexity index is 2060. The molecule has 4 aliphatic heterocycles. The molecular weight excluding hydrogens is 737 g/mol. The largest absolute Gasteiger partial charge is 0.467 e. The maximum absolute atomic E-state index is 15.9. The van der Waals surface area contributed by atoms with E-state index in [0.717, 1.165) is 37.7 Å². The van der Waals surface area contributed by atoms with Crippen LogP contribution in [-0.2, 0) is 15.7 Å². The first kappa shape index (κ1) is 39.3. The number of hydrogen-bond donors (Lipinski definition) is 2. The van der Waals surface area contributed by atoms with Gasteiger partial charge in [0.1, 0.15) is 34.4 Å². The number of hydrogen-bond acceptors (Lipinski definition) is 10. The summed E-state index contributed by atoms with van der Waals surface area (Å²) in [5.74, 6) is -1.67. The molecule has 4 saturated heterocycles. The number of fused-ring (bicyclic) bond motifs is 3. The maximum atomic E-state index is 15.9. The van der Waals surface area contributed by atoms with Crippen LogP contribution >= 0.6 is 11.3 Å². The van der Waals surface area contributed by atoms with Crippen LogP contribution in [0, 0.1) is 28.9 Å². The van der Waals surface area contributed by atoms with E-state index in [1.54, 1.807) is 13.0 Å². The topological polar surface area (TPSA) is 130 Å². The monoisotopic (exact) mass is 777 g/mol. The van der Waals surface area contributed by atoms with Gasteiger partial charge in [-0.1, -0.05) is 6.07 Å². The predicted molar refractivity (Wildman–Crippen MR) is 194 cm³/mol. The Morgan fingerprint density at radius 1 is 1.19 bits per heavy atom. The van der Waals surface area contributed by atoms with Crippen LogP contribution in [0.2, 0.25) is 0 Å². The molecule has 3 unspecified atom stereocenters. The second-order valence-electron chi connectivity index (χ2n) is 13.7. The zero-order chi connectivity index (χ0) is 38.9. The SMILES string of the molecule is CC1CCCN1C(=O)C1COC1.CCNc1nc(OC)nc2c(F)c(-c3ccc(F)c4sc(N)c(C#N)c34)c(C(F)(F)F)cc12.FC1CC2CCCN2C1. The Kier molecular flexibility index (Phi) is 11.7. The summed E-state index contributed by atoms with van der Waals surface area (Å²) >= 11 is 0.698. The molecule has 4 aromatic rings. The van der Waals surface area contributed by atoms with Gasteiger partial charge in [0.2, 0.25) is 5.91 Å². The second kappa shape index (κ2) is 16.1. The summed E-state index contributed by atoms with van der Waals surface area (Å²) in [5.41, 5.74) is 2.59. The fourth-order valence-corrected chi connectivity index (χ4v) is 8.44. The molecule has 0 spiro atoms. The third kappa shape index (κ3) is 7.74. The third-order valence-corrected chi connectivity index (χ3v) is 11.3. The number of carbonyl (C=O) groups is 1. The molecule has 2 aromatic heterocycles. The highest BCUT2D eigenvalue weighted by Gasteiger charge is 2.39. The fraction of sp³-hybridized carbons (Fsp3) is 0.514. The lowest BCUT2D eigenvalue weighted by Gasteiger charge is -2.31. The number of carbonyl (C=O) groups excluding carboxylic acids is 1. The van der Waals surface area contributed by atoms with E-state index in [0.29, 0.717) is 49.1 Å². The van der Waals surface area contributed by atoms with E-state index >= 15 is 4.39 Å². The van der Waals surface area contributed by atoms with Crippen LogP contribution in [0.25, 0.3) is 32.1 Å². The molecule has 3 N–H and O–H groups in total. The van der Waals surface area contributed by atoms with Gasteiger partial charge in [-0.05, 0) is 70.2 Å². The minimum absolute atomic E-state index is 0.0444. The number of alkyl halides is 4. The van der Waals surface area contributed by atoms with Gasteiger partial charge in [-0.2, -0.15) is 28.4 Å². The number of nitrogens with two attached hydrogens (primary N) is 1. The van der Waals surface area contributed by atoms with Crippen molar-refractivity contribution in [2.24, 2.45) is 5.92 Å². The molecule has 290 valence electrons. The van der Waals surface area contributed by atoms with E-state index in [-0.39, 0.29) is 55.9 Å². The van der Waals surface area contributed by atoms with E-state index in [1.807, 2.05) is 4.90 Å². The normalized spacial score (nSPS) is 21.2. The average Bonchev–Trinajstić information content (AvgIpc) is 3.89. The van der Waals surface area contributed by atoms with Crippen LogP contribution < -0.4 is 15.8 Å². The number of anilines is 2. The van der Waals surface area contributed by atoms with Crippen molar-refractivity contribution in [3.63, 3.8) is 0 Å². The molecular formula is C37H41F6N7O3S. The smallest absolute Gasteiger partial charge is 0.417 e. The van der Waals surface area contributed by atoms with Gasteiger partial charge in [-0.15, -0.1) is 11.3 Å². The van der Waals surface area contributed by atoms with Gasteiger partial charge >= 0.3 is 12.2 Å². The minimum Gasteiger partial charge on any atom is -0.467 e. The number of thiophene rings is 1. The molecule has 6 heterocycles. The number of ether oxygens (including phenoxy) is 2. The summed E-state index contributed by atoms with van der Waals surface area (Å²) in [6.45, 7) is 8.20. The lowest BCUT2D eigenvalue weighted by Crippen LogP contribution is -2.45. The molecule has 4 fully saturated rings. The number of nitriles is 1. The van der Waals surface area contributed by atoms with E-state index in [9.17, 15) is 32.0 Å². The maximum Gasteiger partial charge on any atom is 0.417 e. The molecule has 17 heteroatoms. The zero-order valence-electron chi connectivity index (χ0n) is 30.0. The Hall–Kier alpha value is -4.40. The standard InChI is InChI=1S/C21H14F5N5OS.C9H15NO2.C7H12FN/c1-3-29-19-9-6-11(21(24,25)26)14(15(23)16(9)30-20(31-19)32-2)8-4-5-12(22)17-13(8)10(7-27)18(28)33-17;1-7-3-2-4-10(7)9(11)8-5-12-6-8;8-6-4-7-2-1-3-9(7)5-6/h4-6H,3,28H2,1-2H3,(H,29,30,31);7-8H,2-6H2,1H3;6-7H,1-5H2. The summed E-state index contributed by atoms with van der Waals surface area (Å²) in [6.07, 6.45) is 0.149. The third-order valence-electron chi connectivity index (χ3n) is 10.2. The molecule has 0 bridgehead atoms. The molecule has 3 atom stereocenters. The van der Waals surface area contributed by atoms with Crippen molar-refractivity contribution in [3.05, 3.63) is 41.0 Å². The summed E-state index contributed by atoms with van der Waals surface area (Å²) in [6, 6.07) is 5.21. The number of nitrogen functional groups attached to an aromatic ring is 1. The van der Waals surface area contributed by atoms with E-state index in [1.165, 1.54) is 32.8 Å². The van der Waals surface area contributed by atoms with Gasteiger partial charge in [-0.3, -0.25) is 9.69 Å². The van der Waals surface area contributed by atoms with Gasteiger partial charge < -0.3 is 25.4 Å². The number of benzene rings is 2. The Morgan fingerprint density at radius 3 is 2.52 bits per heavy atom. The number of halogens is 6.